The van der Waals surface area contributed by atoms with Gasteiger partial charge in [0, 0.05) is 0 Å². The van der Waals surface area contributed by atoms with Crippen LogP contribution in [0.2, 0.25) is 0 Å². The third-order valence-corrected chi connectivity index (χ3v) is 4.66. The molecule has 0 radical (unpaired) electrons. The molecular weight excluding hydrogens is 314 g/mol. The zero-order valence-electron chi connectivity index (χ0n) is 12.8. The number of ether oxygens (including phenoxy) is 1. The lowest BCUT2D eigenvalue weighted by Gasteiger charge is -2.23. The normalized spacial score (nSPS) is 17.2. The summed E-state index contributed by atoms with van der Waals surface area (Å²) in [5.74, 6) is 1.79. The highest BCUT2D eigenvalue weighted by atomic mass is 79.9. The largest absolute Gasteiger partial charge is 0.492 e. The summed E-state index contributed by atoms with van der Waals surface area (Å²) in [5, 5.41) is 3.40. The monoisotopic (exact) mass is 339 g/mol. The summed E-state index contributed by atoms with van der Waals surface area (Å²) in [6, 6.07) is 6.44. The first-order chi connectivity index (χ1) is 9.47. The van der Waals surface area contributed by atoms with E-state index < -0.39 is 0 Å². The molecule has 1 saturated heterocycles. The van der Waals surface area contributed by atoms with Crippen LogP contribution in [-0.2, 0) is 5.41 Å². The second kappa shape index (κ2) is 6.95. The van der Waals surface area contributed by atoms with Crippen molar-refractivity contribution >= 4 is 15.9 Å². The number of piperidine rings is 1. The van der Waals surface area contributed by atoms with Gasteiger partial charge >= 0.3 is 0 Å². The van der Waals surface area contributed by atoms with E-state index in [1.807, 2.05) is 0 Å². The van der Waals surface area contributed by atoms with Crippen LogP contribution >= 0.6 is 15.9 Å². The smallest absolute Gasteiger partial charge is 0.133 e. The average molecular weight is 340 g/mol. The topological polar surface area (TPSA) is 21.3 Å². The number of hydrogen-bond donors (Lipinski definition) is 1. The van der Waals surface area contributed by atoms with Gasteiger partial charge in [-0.1, -0.05) is 26.8 Å². The lowest BCUT2D eigenvalue weighted by molar-refractivity contribution is 0.250. The molecular formula is C17H26BrNO. The molecule has 0 atom stereocenters. The minimum absolute atomic E-state index is 0.177. The highest BCUT2D eigenvalue weighted by molar-refractivity contribution is 9.10. The Morgan fingerprint density at radius 3 is 2.55 bits per heavy atom. The summed E-state index contributed by atoms with van der Waals surface area (Å²) in [7, 11) is 0. The van der Waals surface area contributed by atoms with E-state index in [1.54, 1.807) is 0 Å². The summed E-state index contributed by atoms with van der Waals surface area (Å²) in [6.07, 6.45) is 3.73. The van der Waals surface area contributed by atoms with Crippen LogP contribution in [0.1, 0.15) is 45.6 Å². The van der Waals surface area contributed by atoms with E-state index in [1.165, 1.54) is 18.4 Å². The molecule has 1 aliphatic heterocycles. The quantitative estimate of drug-likeness (QED) is 0.870. The summed E-state index contributed by atoms with van der Waals surface area (Å²) < 4.78 is 7.00. The Balaban J connectivity index is 1.86. The zero-order valence-corrected chi connectivity index (χ0v) is 14.4. The molecule has 1 N–H and O–H groups in total. The van der Waals surface area contributed by atoms with Gasteiger partial charge in [-0.3, -0.25) is 0 Å². The van der Waals surface area contributed by atoms with Gasteiger partial charge in [0.15, 0.2) is 0 Å². The highest BCUT2D eigenvalue weighted by Crippen LogP contribution is 2.31. The Labute approximate surface area is 131 Å². The molecule has 1 aromatic rings. The lowest BCUT2D eigenvalue weighted by Crippen LogP contribution is -2.28. The van der Waals surface area contributed by atoms with Crippen LogP contribution in [-0.4, -0.2) is 19.7 Å². The maximum atomic E-state index is 5.94. The maximum absolute atomic E-state index is 5.94. The SMILES string of the molecule is CC(C)(C)c1ccc(OCCC2CCNCC2)c(Br)c1. The molecule has 1 aliphatic rings. The van der Waals surface area contributed by atoms with Gasteiger partial charge < -0.3 is 10.1 Å². The molecule has 1 aromatic carbocycles. The highest BCUT2D eigenvalue weighted by Gasteiger charge is 2.16. The van der Waals surface area contributed by atoms with Crippen molar-refractivity contribution in [2.75, 3.05) is 19.7 Å². The van der Waals surface area contributed by atoms with E-state index in [-0.39, 0.29) is 5.41 Å². The molecule has 0 saturated carbocycles. The van der Waals surface area contributed by atoms with Crippen molar-refractivity contribution in [3.8, 4) is 5.75 Å². The fourth-order valence-electron chi connectivity index (χ4n) is 2.59. The van der Waals surface area contributed by atoms with Crippen molar-refractivity contribution < 1.29 is 4.74 Å². The van der Waals surface area contributed by atoms with Crippen LogP contribution in [0.5, 0.6) is 5.75 Å². The van der Waals surface area contributed by atoms with E-state index in [9.17, 15) is 0 Å². The second-order valence-electron chi connectivity index (χ2n) is 6.73. The molecule has 0 unspecified atom stereocenters. The first-order valence-corrected chi connectivity index (χ1v) is 8.39. The summed E-state index contributed by atoms with van der Waals surface area (Å²) in [6.45, 7) is 9.83. The summed E-state index contributed by atoms with van der Waals surface area (Å²) in [4.78, 5) is 0. The fraction of sp³-hybridized carbons (Fsp3) is 0.647. The van der Waals surface area contributed by atoms with Crippen LogP contribution in [0.3, 0.4) is 0 Å². The third-order valence-electron chi connectivity index (χ3n) is 4.04. The van der Waals surface area contributed by atoms with E-state index in [4.69, 9.17) is 4.74 Å². The van der Waals surface area contributed by atoms with Crippen molar-refractivity contribution in [1.82, 2.24) is 5.32 Å². The number of nitrogens with one attached hydrogen (secondary N) is 1. The standard InChI is InChI=1S/C17H26BrNO/c1-17(2,3)14-4-5-16(15(18)12-14)20-11-8-13-6-9-19-10-7-13/h4-5,12-13,19H,6-11H2,1-3H3. The molecule has 2 rings (SSSR count). The molecule has 1 fully saturated rings. The number of halogens is 1. The Morgan fingerprint density at radius 2 is 1.95 bits per heavy atom. The van der Waals surface area contributed by atoms with Crippen molar-refractivity contribution in [3.63, 3.8) is 0 Å². The summed E-state index contributed by atoms with van der Waals surface area (Å²) in [5.41, 5.74) is 1.51. The summed E-state index contributed by atoms with van der Waals surface area (Å²) >= 11 is 3.63. The Kier molecular flexibility index (Phi) is 5.50. The Morgan fingerprint density at radius 1 is 1.25 bits per heavy atom. The fourth-order valence-corrected chi connectivity index (χ4v) is 3.08. The molecule has 3 heteroatoms. The lowest BCUT2D eigenvalue weighted by atomic mass is 9.87. The van der Waals surface area contributed by atoms with E-state index in [0.717, 1.165) is 42.3 Å². The molecule has 0 aromatic heterocycles. The van der Waals surface area contributed by atoms with Crippen molar-refractivity contribution in [3.05, 3.63) is 28.2 Å². The van der Waals surface area contributed by atoms with Crippen LogP contribution < -0.4 is 10.1 Å². The average Bonchev–Trinajstić information content (AvgIpc) is 2.40. The molecule has 1 heterocycles. The first kappa shape index (κ1) is 15.8. The Hall–Kier alpha value is -0.540. The number of rotatable bonds is 4. The van der Waals surface area contributed by atoms with Gasteiger partial charge in [-0.15, -0.1) is 0 Å². The van der Waals surface area contributed by atoms with Gasteiger partial charge in [0.2, 0.25) is 0 Å². The molecule has 0 spiro atoms. The van der Waals surface area contributed by atoms with E-state index in [0.29, 0.717) is 0 Å². The maximum Gasteiger partial charge on any atom is 0.133 e. The van der Waals surface area contributed by atoms with E-state index >= 15 is 0 Å². The second-order valence-corrected chi connectivity index (χ2v) is 7.58. The number of benzene rings is 1. The van der Waals surface area contributed by atoms with E-state index in [2.05, 4.69) is 60.2 Å². The molecule has 2 nitrogen and oxygen atoms in total. The van der Waals surface area contributed by atoms with Gasteiger partial charge in [-0.05, 0) is 77.3 Å². The van der Waals surface area contributed by atoms with Crippen LogP contribution in [0.4, 0.5) is 0 Å². The molecule has 0 bridgehead atoms. The zero-order chi connectivity index (χ0) is 14.6. The predicted octanol–water partition coefficient (Wildman–Crippen LogP) is 4.52. The predicted molar refractivity (Wildman–Crippen MR) is 88.5 cm³/mol. The Bertz CT molecular complexity index is 433. The molecule has 0 aliphatic carbocycles. The first-order valence-electron chi connectivity index (χ1n) is 7.60. The molecule has 20 heavy (non-hydrogen) atoms. The molecule has 112 valence electrons. The van der Waals surface area contributed by atoms with Crippen molar-refractivity contribution in [1.29, 1.82) is 0 Å². The van der Waals surface area contributed by atoms with Crippen molar-refractivity contribution in [2.45, 2.75) is 45.4 Å². The molecule has 0 amide bonds. The van der Waals surface area contributed by atoms with Gasteiger partial charge in [0.05, 0.1) is 11.1 Å². The van der Waals surface area contributed by atoms with Gasteiger partial charge in [0.25, 0.3) is 0 Å². The third kappa shape index (κ3) is 4.49. The number of hydrogen-bond acceptors (Lipinski definition) is 2. The van der Waals surface area contributed by atoms with Gasteiger partial charge in [-0.2, -0.15) is 0 Å². The van der Waals surface area contributed by atoms with Crippen LogP contribution in [0, 0.1) is 5.92 Å². The van der Waals surface area contributed by atoms with Gasteiger partial charge in [0.1, 0.15) is 5.75 Å². The minimum atomic E-state index is 0.177. The van der Waals surface area contributed by atoms with Crippen LogP contribution in [0.25, 0.3) is 0 Å². The van der Waals surface area contributed by atoms with Crippen molar-refractivity contribution in [2.24, 2.45) is 5.92 Å². The van der Waals surface area contributed by atoms with Gasteiger partial charge in [-0.25, -0.2) is 0 Å². The van der Waals surface area contributed by atoms with Crippen LogP contribution in [0.15, 0.2) is 22.7 Å². The minimum Gasteiger partial charge on any atom is -0.492 e.